The summed E-state index contributed by atoms with van der Waals surface area (Å²) in [5, 5.41) is 0. The number of ether oxygens (including phenoxy) is 4. The van der Waals surface area contributed by atoms with Gasteiger partial charge in [-0.2, -0.15) is 4.31 Å². The molecule has 1 N–H and O–H groups in total. The van der Waals surface area contributed by atoms with Crippen molar-refractivity contribution in [3.8, 4) is 11.5 Å². The standard InChI is InChI=1S/C30H36N2O10S2/c1-21(30(34)42-5)32(44(37,38)27-14-11-25(39-2)12-15-27)20-24-9-7-6-8-23(24)19-31-43(35,36)28-16-13-26(40-3)18-22(28)10-17-29(33)41-4/h6-9,11-16,18,21,31H,10,17,19-20H2,1-5H3/t21-/m0/s1. The monoisotopic (exact) mass is 648 g/mol. The minimum absolute atomic E-state index is 0.0358. The summed E-state index contributed by atoms with van der Waals surface area (Å²) in [6.45, 7) is 0.969. The summed E-state index contributed by atoms with van der Waals surface area (Å²) in [5.74, 6) is -0.376. The molecule has 0 amide bonds. The van der Waals surface area contributed by atoms with E-state index in [1.165, 1.54) is 71.8 Å². The second kappa shape index (κ2) is 15.1. The highest BCUT2D eigenvalue weighted by atomic mass is 32.2. The molecule has 44 heavy (non-hydrogen) atoms. The molecule has 0 aliphatic heterocycles. The zero-order chi connectivity index (χ0) is 32.5. The number of carbonyl (C=O) groups is 2. The quantitative estimate of drug-likeness (QED) is 0.243. The van der Waals surface area contributed by atoms with Crippen LogP contribution in [-0.2, 0) is 58.6 Å². The summed E-state index contributed by atoms with van der Waals surface area (Å²) in [6.07, 6.45) is 0.0617. The topological polar surface area (TPSA) is 155 Å². The molecule has 238 valence electrons. The summed E-state index contributed by atoms with van der Waals surface area (Å²) in [6, 6.07) is 15.7. The van der Waals surface area contributed by atoms with Crippen LogP contribution in [0.4, 0.5) is 0 Å². The van der Waals surface area contributed by atoms with Gasteiger partial charge in [-0.1, -0.05) is 24.3 Å². The summed E-state index contributed by atoms with van der Waals surface area (Å²) >= 11 is 0. The van der Waals surface area contributed by atoms with Crippen molar-refractivity contribution in [1.29, 1.82) is 0 Å². The Labute approximate surface area is 258 Å². The van der Waals surface area contributed by atoms with Gasteiger partial charge in [-0.3, -0.25) is 9.59 Å². The van der Waals surface area contributed by atoms with E-state index in [4.69, 9.17) is 14.2 Å². The molecule has 12 nitrogen and oxygen atoms in total. The fraction of sp³-hybridized carbons (Fsp3) is 0.333. The third-order valence-corrected chi connectivity index (χ3v) is 10.4. The number of sulfonamides is 2. The average Bonchev–Trinajstić information content (AvgIpc) is 3.04. The van der Waals surface area contributed by atoms with Crippen molar-refractivity contribution in [1.82, 2.24) is 9.03 Å². The van der Waals surface area contributed by atoms with Gasteiger partial charge in [0.25, 0.3) is 0 Å². The highest BCUT2D eigenvalue weighted by Gasteiger charge is 2.34. The number of nitrogens with one attached hydrogen (secondary N) is 1. The number of methoxy groups -OCH3 is 4. The largest absolute Gasteiger partial charge is 0.497 e. The molecule has 14 heteroatoms. The Hall–Kier alpha value is -3.98. The number of hydrogen-bond donors (Lipinski definition) is 1. The maximum absolute atomic E-state index is 13.8. The van der Waals surface area contributed by atoms with E-state index < -0.39 is 38.0 Å². The minimum Gasteiger partial charge on any atom is -0.497 e. The number of rotatable bonds is 15. The molecular formula is C30H36N2O10S2. The minimum atomic E-state index is -4.22. The SMILES string of the molecule is COC(=O)CCc1cc(OC)ccc1S(=O)(=O)NCc1ccccc1CN([C@@H](C)C(=O)OC)S(=O)(=O)c1ccc(OC)cc1. The zero-order valence-corrected chi connectivity index (χ0v) is 26.7. The molecule has 0 spiro atoms. The van der Waals surface area contributed by atoms with Crippen LogP contribution in [0.25, 0.3) is 0 Å². The average molecular weight is 649 g/mol. The van der Waals surface area contributed by atoms with Gasteiger partial charge in [-0.15, -0.1) is 0 Å². The molecule has 0 aromatic heterocycles. The van der Waals surface area contributed by atoms with E-state index in [0.717, 1.165) is 4.31 Å². The molecule has 0 bridgehead atoms. The first-order valence-electron chi connectivity index (χ1n) is 13.4. The van der Waals surface area contributed by atoms with Crippen LogP contribution in [0.3, 0.4) is 0 Å². The number of hydrogen-bond acceptors (Lipinski definition) is 10. The first-order valence-corrected chi connectivity index (χ1v) is 16.3. The lowest BCUT2D eigenvalue weighted by atomic mass is 10.1. The van der Waals surface area contributed by atoms with Crippen molar-refractivity contribution in [2.45, 2.75) is 48.7 Å². The molecule has 3 aromatic carbocycles. The number of carbonyl (C=O) groups excluding carboxylic acids is 2. The van der Waals surface area contributed by atoms with Crippen LogP contribution < -0.4 is 14.2 Å². The lowest BCUT2D eigenvalue weighted by Crippen LogP contribution is -2.43. The molecule has 0 aliphatic carbocycles. The smallest absolute Gasteiger partial charge is 0.323 e. The first-order chi connectivity index (χ1) is 20.9. The van der Waals surface area contributed by atoms with Gasteiger partial charge in [-0.05, 0) is 72.5 Å². The van der Waals surface area contributed by atoms with E-state index in [1.807, 2.05) is 0 Å². The zero-order valence-electron chi connectivity index (χ0n) is 25.1. The summed E-state index contributed by atoms with van der Waals surface area (Å²) in [7, 11) is -3.00. The van der Waals surface area contributed by atoms with Gasteiger partial charge in [0.05, 0.1) is 38.2 Å². The lowest BCUT2D eigenvalue weighted by Gasteiger charge is -2.27. The van der Waals surface area contributed by atoms with Crippen LogP contribution in [0.2, 0.25) is 0 Å². The molecular weight excluding hydrogens is 612 g/mol. The van der Waals surface area contributed by atoms with Gasteiger partial charge in [0.1, 0.15) is 17.5 Å². The van der Waals surface area contributed by atoms with E-state index >= 15 is 0 Å². The van der Waals surface area contributed by atoms with Gasteiger partial charge in [0, 0.05) is 19.5 Å². The fourth-order valence-electron chi connectivity index (χ4n) is 4.38. The number of aryl methyl sites for hydroxylation is 1. The molecule has 0 heterocycles. The summed E-state index contributed by atoms with van der Waals surface area (Å²) < 4.78 is 77.9. The third-order valence-electron chi connectivity index (χ3n) is 6.92. The highest BCUT2D eigenvalue weighted by Crippen LogP contribution is 2.26. The van der Waals surface area contributed by atoms with Crippen LogP contribution in [0.15, 0.2) is 76.5 Å². The van der Waals surface area contributed by atoms with Crippen molar-refractivity contribution >= 4 is 32.0 Å². The van der Waals surface area contributed by atoms with Crippen molar-refractivity contribution in [3.63, 3.8) is 0 Å². The molecule has 0 unspecified atom stereocenters. The summed E-state index contributed by atoms with van der Waals surface area (Å²) in [4.78, 5) is 24.2. The van der Waals surface area contributed by atoms with Crippen molar-refractivity contribution in [2.75, 3.05) is 28.4 Å². The van der Waals surface area contributed by atoms with Crippen molar-refractivity contribution in [3.05, 3.63) is 83.4 Å². The molecule has 1 atom stereocenters. The predicted molar refractivity (Wildman–Crippen MR) is 161 cm³/mol. The van der Waals surface area contributed by atoms with Gasteiger partial charge in [0.2, 0.25) is 20.0 Å². The Bertz CT molecular complexity index is 1670. The molecule has 0 radical (unpaired) electrons. The second-order valence-corrected chi connectivity index (χ2v) is 13.2. The van der Waals surface area contributed by atoms with Crippen LogP contribution in [0.1, 0.15) is 30.0 Å². The number of nitrogens with zero attached hydrogens (tertiary/aromatic N) is 1. The molecule has 0 aliphatic rings. The van der Waals surface area contributed by atoms with Crippen LogP contribution in [0, 0.1) is 0 Å². The molecule has 0 fully saturated rings. The molecule has 3 aromatic rings. The van der Waals surface area contributed by atoms with E-state index in [0.29, 0.717) is 28.2 Å². The first kappa shape index (κ1) is 34.5. The number of esters is 2. The lowest BCUT2D eigenvalue weighted by molar-refractivity contribution is -0.144. The normalized spacial score (nSPS) is 12.4. The van der Waals surface area contributed by atoms with E-state index in [2.05, 4.69) is 9.46 Å². The Balaban J connectivity index is 1.94. The Kier molecular flexibility index (Phi) is 11.9. The van der Waals surface area contributed by atoms with Gasteiger partial charge >= 0.3 is 11.9 Å². The van der Waals surface area contributed by atoms with Crippen molar-refractivity contribution < 1.29 is 45.4 Å². The van der Waals surface area contributed by atoms with Gasteiger partial charge in [0.15, 0.2) is 0 Å². The Morgan fingerprint density at radius 1 is 0.795 bits per heavy atom. The van der Waals surface area contributed by atoms with Gasteiger partial charge < -0.3 is 18.9 Å². The van der Waals surface area contributed by atoms with E-state index in [-0.39, 0.29) is 35.7 Å². The predicted octanol–water partition coefficient (Wildman–Crippen LogP) is 3.04. The molecule has 3 rings (SSSR count). The van der Waals surface area contributed by atoms with E-state index in [1.54, 1.807) is 30.3 Å². The van der Waals surface area contributed by atoms with Crippen LogP contribution >= 0.6 is 0 Å². The van der Waals surface area contributed by atoms with Crippen LogP contribution in [0.5, 0.6) is 11.5 Å². The van der Waals surface area contributed by atoms with Crippen molar-refractivity contribution in [2.24, 2.45) is 0 Å². The van der Waals surface area contributed by atoms with Crippen LogP contribution in [-0.4, -0.2) is 67.6 Å². The maximum atomic E-state index is 13.8. The van der Waals surface area contributed by atoms with E-state index in [9.17, 15) is 26.4 Å². The fourth-order valence-corrected chi connectivity index (χ4v) is 7.20. The molecule has 0 saturated heterocycles. The Morgan fingerprint density at radius 2 is 1.41 bits per heavy atom. The number of benzene rings is 3. The highest BCUT2D eigenvalue weighted by molar-refractivity contribution is 7.89. The molecule has 0 saturated carbocycles. The Morgan fingerprint density at radius 3 is 2.00 bits per heavy atom. The summed E-state index contributed by atoms with van der Waals surface area (Å²) in [5.41, 5.74) is 1.30. The second-order valence-electron chi connectivity index (χ2n) is 9.57. The third kappa shape index (κ3) is 8.34. The maximum Gasteiger partial charge on any atom is 0.323 e. The van der Waals surface area contributed by atoms with Gasteiger partial charge in [-0.25, -0.2) is 21.6 Å².